The van der Waals surface area contributed by atoms with Gasteiger partial charge in [0.05, 0.1) is 7.11 Å². The quantitative estimate of drug-likeness (QED) is 0.780. The van der Waals surface area contributed by atoms with Gasteiger partial charge in [0.25, 0.3) is 0 Å². The van der Waals surface area contributed by atoms with Gasteiger partial charge >= 0.3 is 5.97 Å². The Morgan fingerprint density at radius 1 is 1.25 bits per heavy atom. The SMILES string of the molecule is COC(=O)C(O)c1ccc(C(C)(C)C)cc1. The molecule has 16 heavy (non-hydrogen) atoms. The van der Waals surface area contributed by atoms with E-state index < -0.39 is 12.1 Å². The first-order valence-electron chi connectivity index (χ1n) is 5.22. The van der Waals surface area contributed by atoms with E-state index in [9.17, 15) is 9.90 Å². The second-order valence-electron chi connectivity index (χ2n) is 4.80. The van der Waals surface area contributed by atoms with E-state index in [1.807, 2.05) is 12.1 Å². The molecule has 0 fully saturated rings. The normalized spacial score (nSPS) is 13.3. The van der Waals surface area contributed by atoms with E-state index in [1.54, 1.807) is 12.1 Å². The summed E-state index contributed by atoms with van der Waals surface area (Å²) in [4.78, 5) is 11.1. The van der Waals surface area contributed by atoms with Gasteiger partial charge in [-0.2, -0.15) is 0 Å². The molecule has 0 saturated carbocycles. The molecule has 88 valence electrons. The summed E-state index contributed by atoms with van der Waals surface area (Å²) in [6, 6.07) is 7.34. The number of aliphatic hydroxyl groups is 1. The molecule has 1 aromatic carbocycles. The highest BCUT2D eigenvalue weighted by molar-refractivity contribution is 5.76. The van der Waals surface area contributed by atoms with Crippen LogP contribution in [-0.4, -0.2) is 18.2 Å². The van der Waals surface area contributed by atoms with E-state index in [1.165, 1.54) is 7.11 Å². The number of methoxy groups -OCH3 is 1. The maximum atomic E-state index is 11.1. The predicted octanol–water partition coefficient (Wildman–Crippen LogP) is 2.19. The van der Waals surface area contributed by atoms with Crippen LogP contribution >= 0.6 is 0 Å². The van der Waals surface area contributed by atoms with E-state index in [4.69, 9.17) is 0 Å². The van der Waals surface area contributed by atoms with Crippen molar-refractivity contribution in [2.24, 2.45) is 0 Å². The van der Waals surface area contributed by atoms with Crippen molar-refractivity contribution in [2.45, 2.75) is 32.3 Å². The average molecular weight is 222 g/mol. The Morgan fingerprint density at radius 3 is 2.12 bits per heavy atom. The van der Waals surface area contributed by atoms with Crippen molar-refractivity contribution in [3.8, 4) is 0 Å². The Balaban J connectivity index is 2.91. The van der Waals surface area contributed by atoms with Crippen LogP contribution in [0.3, 0.4) is 0 Å². The molecule has 1 N–H and O–H groups in total. The van der Waals surface area contributed by atoms with E-state index in [-0.39, 0.29) is 5.41 Å². The predicted molar refractivity (Wildman–Crippen MR) is 62.1 cm³/mol. The van der Waals surface area contributed by atoms with Gasteiger partial charge in [-0.1, -0.05) is 45.0 Å². The van der Waals surface area contributed by atoms with Crippen molar-refractivity contribution >= 4 is 5.97 Å². The van der Waals surface area contributed by atoms with Crippen molar-refractivity contribution in [1.29, 1.82) is 0 Å². The van der Waals surface area contributed by atoms with Gasteiger partial charge in [0.2, 0.25) is 0 Å². The van der Waals surface area contributed by atoms with Crippen molar-refractivity contribution < 1.29 is 14.6 Å². The molecular weight excluding hydrogens is 204 g/mol. The Labute approximate surface area is 96.1 Å². The number of carbonyl (C=O) groups excluding carboxylic acids is 1. The molecule has 0 spiro atoms. The number of hydrogen-bond acceptors (Lipinski definition) is 3. The number of benzene rings is 1. The zero-order chi connectivity index (χ0) is 12.3. The zero-order valence-corrected chi connectivity index (χ0v) is 10.2. The first-order valence-corrected chi connectivity index (χ1v) is 5.22. The minimum atomic E-state index is -1.20. The number of carbonyl (C=O) groups is 1. The topological polar surface area (TPSA) is 46.5 Å². The van der Waals surface area contributed by atoms with Gasteiger partial charge in [0.1, 0.15) is 0 Å². The zero-order valence-electron chi connectivity index (χ0n) is 10.2. The highest BCUT2D eigenvalue weighted by Gasteiger charge is 2.19. The van der Waals surface area contributed by atoms with Crippen LogP contribution in [0.2, 0.25) is 0 Å². The summed E-state index contributed by atoms with van der Waals surface area (Å²) in [6.07, 6.45) is -1.20. The van der Waals surface area contributed by atoms with Crippen molar-refractivity contribution in [3.63, 3.8) is 0 Å². The first-order chi connectivity index (χ1) is 7.36. The van der Waals surface area contributed by atoms with Crippen molar-refractivity contribution in [3.05, 3.63) is 35.4 Å². The largest absolute Gasteiger partial charge is 0.467 e. The van der Waals surface area contributed by atoms with Crippen molar-refractivity contribution in [2.75, 3.05) is 7.11 Å². The Morgan fingerprint density at radius 2 is 1.75 bits per heavy atom. The van der Waals surface area contributed by atoms with E-state index in [2.05, 4.69) is 25.5 Å². The van der Waals surface area contributed by atoms with Crippen LogP contribution < -0.4 is 0 Å². The van der Waals surface area contributed by atoms with Gasteiger partial charge in [-0.25, -0.2) is 4.79 Å². The third-order valence-electron chi connectivity index (χ3n) is 2.52. The molecule has 0 aliphatic heterocycles. The van der Waals surface area contributed by atoms with Crippen LogP contribution in [-0.2, 0) is 14.9 Å². The van der Waals surface area contributed by atoms with Gasteiger partial charge in [0, 0.05) is 0 Å². The lowest BCUT2D eigenvalue weighted by Crippen LogP contribution is -2.15. The van der Waals surface area contributed by atoms with Gasteiger partial charge in [-0.3, -0.25) is 0 Å². The standard InChI is InChI=1S/C13H18O3/c1-13(2,3)10-7-5-9(6-8-10)11(14)12(15)16-4/h5-8,11,14H,1-4H3. The van der Waals surface area contributed by atoms with Gasteiger partial charge in [0.15, 0.2) is 6.10 Å². The van der Waals surface area contributed by atoms with Crippen LogP contribution in [0.5, 0.6) is 0 Å². The molecule has 0 aromatic heterocycles. The number of esters is 1. The molecule has 0 saturated heterocycles. The monoisotopic (exact) mass is 222 g/mol. The molecule has 0 aliphatic carbocycles. The number of aliphatic hydroxyl groups excluding tert-OH is 1. The molecule has 1 aromatic rings. The molecule has 0 amide bonds. The van der Waals surface area contributed by atoms with Gasteiger partial charge < -0.3 is 9.84 Å². The molecule has 1 rings (SSSR count). The Hall–Kier alpha value is -1.35. The van der Waals surface area contributed by atoms with E-state index in [0.29, 0.717) is 5.56 Å². The van der Waals surface area contributed by atoms with Gasteiger partial charge in [-0.15, -0.1) is 0 Å². The minimum absolute atomic E-state index is 0.0642. The first kappa shape index (κ1) is 12.7. The fourth-order valence-corrected chi connectivity index (χ4v) is 1.41. The molecule has 0 heterocycles. The maximum absolute atomic E-state index is 11.1. The van der Waals surface area contributed by atoms with E-state index in [0.717, 1.165) is 5.56 Å². The molecule has 3 nitrogen and oxygen atoms in total. The highest BCUT2D eigenvalue weighted by Crippen LogP contribution is 2.24. The Kier molecular flexibility index (Phi) is 3.70. The molecule has 0 bridgehead atoms. The Bertz CT molecular complexity index is 360. The van der Waals surface area contributed by atoms with Crippen LogP contribution in [0.15, 0.2) is 24.3 Å². The summed E-state index contributed by atoms with van der Waals surface area (Å²) in [7, 11) is 1.26. The number of hydrogen-bond donors (Lipinski definition) is 1. The minimum Gasteiger partial charge on any atom is -0.467 e. The van der Waals surface area contributed by atoms with Crippen molar-refractivity contribution in [1.82, 2.24) is 0 Å². The van der Waals surface area contributed by atoms with E-state index >= 15 is 0 Å². The van der Waals surface area contributed by atoms with Crippen LogP contribution in [0.25, 0.3) is 0 Å². The summed E-state index contributed by atoms with van der Waals surface area (Å²) < 4.78 is 4.47. The fraction of sp³-hybridized carbons (Fsp3) is 0.462. The molecule has 0 radical (unpaired) electrons. The van der Waals surface area contributed by atoms with Crippen LogP contribution in [0, 0.1) is 0 Å². The number of ether oxygens (including phenoxy) is 1. The summed E-state index contributed by atoms with van der Waals surface area (Å²) in [5, 5.41) is 9.61. The summed E-state index contributed by atoms with van der Waals surface area (Å²) in [5.41, 5.74) is 1.78. The molecule has 3 heteroatoms. The second-order valence-corrected chi connectivity index (χ2v) is 4.80. The summed E-state index contributed by atoms with van der Waals surface area (Å²) >= 11 is 0. The highest BCUT2D eigenvalue weighted by atomic mass is 16.5. The molecule has 1 atom stereocenters. The average Bonchev–Trinajstić information content (AvgIpc) is 2.26. The molecular formula is C13H18O3. The summed E-state index contributed by atoms with van der Waals surface area (Å²) in [5.74, 6) is -0.636. The second kappa shape index (κ2) is 4.66. The lowest BCUT2D eigenvalue weighted by molar-refractivity contribution is -0.150. The molecule has 1 unspecified atom stereocenters. The van der Waals surface area contributed by atoms with Crippen LogP contribution in [0.1, 0.15) is 38.0 Å². The van der Waals surface area contributed by atoms with Gasteiger partial charge in [-0.05, 0) is 16.5 Å². The molecule has 0 aliphatic rings. The maximum Gasteiger partial charge on any atom is 0.339 e. The lowest BCUT2D eigenvalue weighted by atomic mass is 9.86. The lowest BCUT2D eigenvalue weighted by Gasteiger charge is -2.19. The fourth-order valence-electron chi connectivity index (χ4n) is 1.41. The third-order valence-corrected chi connectivity index (χ3v) is 2.52. The summed E-state index contributed by atoms with van der Waals surface area (Å²) in [6.45, 7) is 6.33. The smallest absolute Gasteiger partial charge is 0.339 e. The number of rotatable bonds is 2. The third kappa shape index (κ3) is 2.83. The van der Waals surface area contributed by atoms with Crippen LogP contribution in [0.4, 0.5) is 0 Å².